The zero-order chi connectivity index (χ0) is 31.7. The first-order valence-electron chi connectivity index (χ1n) is 16.4. The van der Waals surface area contributed by atoms with Crippen LogP contribution in [0, 0.1) is 24.7 Å². The number of anilines is 1. The van der Waals surface area contributed by atoms with Gasteiger partial charge in [0.05, 0.1) is 28.2 Å². The molecule has 242 valence electrons. The molecule has 0 saturated carbocycles. The number of amides is 2. The number of aliphatic hydroxyl groups is 1. The summed E-state index contributed by atoms with van der Waals surface area (Å²) in [6.45, 7) is 12.2. The summed E-state index contributed by atoms with van der Waals surface area (Å²) in [6.07, 6.45) is 3.21. The maximum atomic E-state index is 14.0. The van der Waals surface area contributed by atoms with Gasteiger partial charge < -0.3 is 30.1 Å². The minimum absolute atomic E-state index is 0.0802. The van der Waals surface area contributed by atoms with E-state index in [1.54, 1.807) is 11.3 Å². The van der Waals surface area contributed by atoms with E-state index in [-0.39, 0.29) is 36.7 Å². The number of aryl methyl sites for hydroxylation is 1. The maximum absolute atomic E-state index is 14.0. The van der Waals surface area contributed by atoms with Gasteiger partial charge in [-0.15, -0.1) is 11.3 Å². The highest BCUT2D eigenvalue weighted by molar-refractivity contribution is 7.13. The third kappa shape index (κ3) is 6.95. The van der Waals surface area contributed by atoms with Gasteiger partial charge in [-0.25, -0.2) is 4.98 Å². The zero-order valence-electron chi connectivity index (χ0n) is 26.7. The standard InChI is InChI=1S/C34H46N6O4S/c1-20(2)31(29-15-30(38-44-29)39-16-24(17-39)13-23-9-11-35-12-10-23)34(43)40-18-27(41)14-28(40)33(42)37-21(3)25-5-7-26(8-6-25)32-22(4)36-19-45-32/h5-8,15,19-21,23-24,27-28,31,35,41H,9-14,16-18H2,1-4H3,(H,37,42)/t21-,27+,28-,31-/m0/s1. The lowest BCUT2D eigenvalue weighted by atomic mass is 9.84. The van der Waals surface area contributed by atoms with E-state index in [4.69, 9.17) is 4.52 Å². The summed E-state index contributed by atoms with van der Waals surface area (Å²) < 4.78 is 5.79. The Bertz CT molecular complexity index is 1460. The Morgan fingerprint density at radius 3 is 2.51 bits per heavy atom. The van der Waals surface area contributed by atoms with Crippen LogP contribution in [0.4, 0.5) is 5.82 Å². The highest BCUT2D eigenvalue weighted by Gasteiger charge is 2.44. The molecule has 0 aliphatic carbocycles. The first kappa shape index (κ1) is 31.7. The number of likely N-dealkylation sites (tertiary alicyclic amines) is 1. The van der Waals surface area contributed by atoms with Crippen LogP contribution in [0.1, 0.15) is 75.4 Å². The number of aromatic nitrogens is 2. The fourth-order valence-electron chi connectivity index (χ4n) is 7.18. The molecule has 0 unspecified atom stereocenters. The number of rotatable bonds is 10. The highest BCUT2D eigenvalue weighted by atomic mass is 32.1. The Labute approximate surface area is 269 Å². The maximum Gasteiger partial charge on any atom is 0.243 e. The van der Waals surface area contributed by atoms with Crippen LogP contribution in [0.3, 0.4) is 0 Å². The molecule has 3 aliphatic rings. The Kier molecular flexibility index (Phi) is 9.58. The molecule has 1 aromatic carbocycles. The van der Waals surface area contributed by atoms with E-state index < -0.39 is 18.1 Å². The van der Waals surface area contributed by atoms with Crippen LogP contribution < -0.4 is 15.5 Å². The average Bonchev–Trinajstić information content (AvgIpc) is 3.75. The molecule has 3 fully saturated rings. The molecule has 6 rings (SSSR count). The molecular formula is C34H46N6O4S. The van der Waals surface area contributed by atoms with Crippen LogP contribution in [-0.2, 0) is 9.59 Å². The van der Waals surface area contributed by atoms with E-state index >= 15 is 0 Å². The van der Waals surface area contributed by atoms with Gasteiger partial charge in [0, 0.05) is 32.1 Å². The number of aliphatic hydroxyl groups excluding tert-OH is 1. The topological polar surface area (TPSA) is 124 Å². The largest absolute Gasteiger partial charge is 0.391 e. The lowest BCUT2D eigenvalue weighted by molar-refractivity contribution is -0.141. The molecule has 10 nitrogen and oxygen atoms in total. The molecule has 0 bridgehead atoms. The lowest BCUT2D eigenvalue weighted by Crippen LogP contribution is -2.48. The van der Waals surface area contributed by atoms with Crippen LogP contribution >= 0.6 is 11.3 Å². The zero-order valence-corrected chi connectivity index (χ0v) is 27.6. The summed E-state index contributed by atoms with van der Waals surface area (Å²) in [4.78, 5) is 36.8. The van der Waals surface area contributed by atoms with E-state index in [1.807, 2.05) is 63.5 Å². The molecule has 11 heteroatoms. The second-order valence-electron chi connectivity index (χ2n) is 13.5. The van der Waals surface area contributed by atoms with Crippen molar-refractivity contribution in [3.8, 4) is 10.4 Å². The predicted octanol–water partition coefficient (Wildman–Crippen LogP) is 4.51. The molecule has 2 aromatic heterocycles. The number of carbonyl (C=O) groups excluding carboxylic acids is 2. The lowest BCUT2D eigenvalue weighted by Gasteiger charge is -2.41. The van der Waals surface area contributed by atoms with Gasteiger partial charge >= 0.3 is 0 Å². The summed E-state index contributed by atoms with van der Waals surface area (Å²) in [5.74, 6) is 1.59. The average molecular weight is 635 g/mol. The van der Waals surface area contributed by atoms with Gasteiger partial charge in [0.2, 0.25) is 11.8 Å². The third-order valence-corrected chi connectivity index (χ3v) is 10.8. The van der Waals surface area contributed by atoms with Crippen LogP contribution in [0.2, 0.25) is 0 Å². The fraction of sp³-hybridized carbons (Fsp3) is 0.588. The van der Waals surface area contributed by atoms with Crippen molar-refractivity contribution in [2.24, 2.45) is 17.8 Å². The van der Waals surface area contributed by atoms with Crippen molar-refractivity contribution in [1.82, 2.24) is 25.7 Å². The summed E-state index contributed by atoms with van der Waals surface area (Å²) in [6, 6.07) is 8.97. The SMILES string of the molecule is Cc1ncsc1-c1ccc([C@H](C)NC(=O)[C@@H]2C[C@@H](O)CN2C(=O)[C@H](c2cc(N3CC(CC4CCNCC4)C3)no2)C(C)C)cc1. The Morgan fingerprint density at radius 2 is 1.84 bits per heavy atom. The third-order valence-electron chi connectivity index (χ3n) is 9.80. The molecule has 3 aliphatic heterocycles. The molecule has 5 heterocycles. The summed E-state index contributed by atoms with van der Waals surface area (Å²) in [5.41, 5.74) is 4.89. The second kappa shape index (κ2) is 13.6. The van der Waals surface area contributed by atoms with Crippen LogP contribution in [-0.4, -0.2) is 76.8 Å². The van der Waals surface area contributed by atoms with Gasteiger partial charge in [0.25, 0.3) is 0 Å². The van der Waals surface area contributed by atoms with Crippen LogP contribution in [0.5, 0.6) is 0 Å². The van der Waals surface area contributed by atoms with Gasteiger partial charge in [-0.2, -0.15) is 0 Å². The number of hydrogen-bond donors (Lipinski definition) is 3. The molecular weight excluding hydrogens is 588 g/mol. The van der Waals surface area contributed by atoms with E-state index in [9.17, 15) is 14.7 Å². The Balaban J connectivity index is 1.08. The number of hydrogen-bond acceptors (Lipinski definition) is 9. The molecule has 3 saturated heterocycles. The molecule has 3 N–H and O–H groups in total. The number of piperidine rings is 1. The normalized spacial score (nSPS) is 22.4. The first-order chi connectivity index (χ1) is 21.7. The van der Waals surface area contributed by atoms with Gasteiger partial charge in [-0.05, 0) is 75.1 Å². The highest BCUT2D eigenvalue weighted by Crippen LogP contribution is 2.36. The van der Waals surface area contributed by atoms with Crippen molar-refractivity contribution in [3.05, 3.63) is 52.9 Å². The smallest absolute Gasteiger partial charge is 0.243 e. The van der Waals surface area contributed by atoms with Gasteiger partial charge in [0.15, 0.2) is 11.6 Å². The van der Waals surface area contributed by atoms with E-state index in [0.29, 0.717) is 11.7 Å². The summed E-state index contributed by atoms with van der Waals surface area (Å²) >= 11 is 1.61. The Hall–Kier alpha value is -3.28. The number of carbonyl (C=O) groups is 2. The quantitative estimate of drug-likeness (QED) is 0.298. The van der Waals surface area contributed by atoms with Crippen molar-refractivity contribution in [2.45, 2.75) is 77.5 Å². The minimum atomic E-state index is -0.766. The molecule has 45 heavy (non-hydrogen) atoms. The Morgan fingerprint density at radius 1 is 1.11 bits per heavy atom. The van der Waals surface area contributed by atoms with Crippen molar-refractivity contribution in [1.29, 1.82) is 0 Å². The molecule has 0 spiro atoms. The number of benzene rings is 1. The monoisotopic (exact) mass is 634 g/mol. The fourth-order valence-corrected chi connectivity index (χ4v) is 8.00. The molecule has 4 atom stereocenters. The molecule has 2 amide bonds. The number of β-amino-alcohol motifs (C(OH)–C–C–N with tert-alkyl or cyclic N) is 1. The second-order valence-corrected chi connectivity index (χ2v) is 14.4. The molecule has 3 aromatic rings. The van der Waals surface area contributed by atoms with Crippen molar-refractivity contribution in [2.75, 3.05) is 37.6 Å². The predicted molar refractivity (Wildman–Crippen MR) is 175 cm³/mol. The van der Waals surface area contributed by atoms with Crippen molar-refractivity contribution >= 4 is 29.0 Å². The van der Waals surface area contributed by atoms with Gasteiger partial charge in [0.1, 0.15) is 12.0 Å². The van der Waals surface area contributed by atoms with E-state index in [2.05, 4.69) is 25.7 Å². The number of nitrogens with zero attached hydrogens (tertiary/aromatic N) is 4. The number of thiazole rings is 1. The van der Waals surface area contributed by atoms with Crippen molar-refractivity contribution < 1.29 is 19.2 Å². The van der Waals surface area contributed by atoms with Crippen molar-refractivity contribution in [3.63, 3.8) is 0 Å². The van der Waals surface area contributed by atoms with Crippen LogP contribution in [0.25, 0.3) is 10.4 Å². The number of nitrogens with one attached hydrogen (secondary N) is 2. The molecule has 0 radical (unpaired) electrons. The summed E-state index contributed by atoms with van der Waals surface area (Å²) in [7, 11) is 0. The minimum Gasteiger partial charge on any atom is -0.391 e. The summed E-state index contributed by atoms with van der Waals surface area (Å²) in [5, 5.41) is 21.5. The first-order valence-corrected chi connectivity index (χ1v) is 17.3. The van der Waals surface area contributed by atoms with Crippen LogP contribution in [0.15, 0.2) is 40.4 Å². The van der Waals surface area contributed by atoms with E-state index in [1.165, 1.54) is 24.2 Å². The van der Waals surface area contributed by atoms with E-state index in [0.717, 1.165) is 59.6 Å². The van der Waals surface area contributed by atoms with Gasteiger partial charge in [-0.1, -0.05) is 43.3 Å². The van der Waals surface area contributed by atoms with Gasteiger partial charge in [-0.3, -0.25) is 9.59 Å².